The lowest BCUT2D eigenvalue weighted by Gasteiger charge is -2.06. The van der Waals surface area contributed by atoms with E-state index in [1.54, 1.807) is 0 Å². The molecule has 4 heteroatoms. The number of carbonyl (C=O) groups is 1. The van der Waals surface area contributed by atoms with E-state index in [1.807, 2.05) is 0 Å². The molecule has 0 saturated heterocycles. The van der Waals surface area contributed by atoms with Crippen molar-refractivity contribution in [1.29, 1.82) is 0 Å². The van der Waals surface area contributed by atoms with Crippen LogP contribution in [0.3, 0.4) is 0 Å². The molecular formula is C11H12O4. The fraction of sp³-hybridized carbons (Fsp3) is 0.182. The maximum absolute atomic E-state index is 10.7. The molecular weight excluding hydrogens is 196 g/mol. The van der Waals surface area contributed by atoms with E-state index in [9.17, 15) is 15.0 Å². The van der Waals surface area contributed by atoms with E-state index in [1.165, 1.54) is 38.3 Å². The molecule has 0 unspecified atom stereocenters. The third-order valence-electron chi connectivity index (χ3n) is 1.81. The molecule has 0 aliphatic heterocycles. The lowest BCUT2D eigenvalue weighted by atomic mass is 10.1. The molecule has 0 amide bonds. The number of rotatable bonds is 3. The van der Waals surface area contributed by atoms with E-state index in [4.69, 9.17) is 4.74 Å². The van der Waals surface area contributed by atoms with E-state index in [0.29, 0.717) is 5.56 Å². The zero-order valence-corrected chi connectivity index (χ0v) is 8.52. The zero-order chi connectivity index (χ0) is 11.4. The van der Waals surface area contributed by atoms with Crippen molar-refractivity contribution in [2.75, 3.05) is 7.11 Å². The molecule has 0 fully saturated rings. The minimum absolute atomic E-state index is 0.0958. The number of benzene rings is 1. The normalized spacial score (nSPS) is 10.5. The van der Waals surface area contributed by atoms with E-state index >= 15 is 0 Å². The van der Waals surface area contributed by atoms with Gasteiger partial charge in [0.15, 0.2) is 17.3 Å². The Labute approximate surface area is 87.4 Å². The molecule has 1 aromatic rings. The molecule has 0 aliphatic carbocycles. The predicted molar refractivity (Wildman–Crippen MR) is 56.0 cm³/mol. The molecule has 0 aliphatic rings. The molecule has 2 N–H and O–H groups in total. The Morgan fingerprint density at radius 3 is 2.60 bits per heavy atom. The topological polar surface area (TPSA) is 66.8 Å². The Morgan fingerprint density at radius 2 is 2.07 bits per heavy atom. The van der Waals surface area contributed by atoms with Crippen LogP contribution in [0.2, 0.25) is 0 Å². The Balaban J connectivity index is 3.11. The van der Waals surface area contributed by atoms with E-state index < -0.39 is 0 Å². The van der Waals surface area contributed by atoms with Gasteiger partial charge in [-0.1, -0.05) is 6.08 Å². The first kappa shape index (κ1) is 11.1. The van der Waals surface area contributed by atoms with Gasteiger partial charge in [0.2, 0.25) is 5.75 Å². The summed E-state index contributed by atoms with van der Waals surface area (Å²) in [6.07, 6.45) is 2.90. The van der Waals surface area contributed by atoms with Crippen LogP contribution in [-0.2, 0) is 4.79 Å². The van der Waals surface area contributed by atoms with Crippen molar-refractivity contribution < 1.29 is 19.7 Å². The third kappa shape index (κ3) is 2.74. The molecule has 1 rings (SSSR count). The minimum atomic E-state index is -0.308. The highest BCUT2D eigenvalue weighted by Gasteiger charge is 2.07. The number of ether oxygens (including phenoxy) is 1. The third-order valence-corrected chi connectivity index (χ3v) is 1.81. The van der Waals surface area contributed by atoms with Gasteiger partial charge in [0.05, 0.1) is 7.11 Å². The average molecular weight is 208 g/mol. The fourth-order valence-electron chi connectivity index (χ4n) is 1.08. The van der Waals surface area contributed by atoms with E-state index in [-0.39, 0.29) is 23.0 Å². The van der Waals surface area contributed by atoms with Crippen LogP contribution < -0.4 is 4.74 Å². The number of aromatic hydroxyl groups is 2. The highest BCUT2D eigenvalue weighted by molar-refractivity contribution is 5.91. The van der Waals surface area contributed by atoms with Gasteiger partial charge < -0.3 is 14.9 Å². The SMILES string of the molecule is COc1cc(/C=C/C(C)=O)cc(O)c1O. The number of hydrogen-bond donors (Lipinski definition) is 2. The molecule has 0 aromatic heterocycles. The highest BCUT2D eigenvalue weighted by atomic mass is 16.5. The second kappa shape index (κ2) is 4.50. The Hall–Kier alpha value is -1.97. The number of allylic oxidation sites excluding steroid dienone is 1. The summed E-state index contributed by atoms with van der Waals surface area (Å²) >= 11 is 0. The molecule has 15 heavy (non-hydrogen) atoms. The summed E-state index contributed by atoms with van der Waals surface area (Å²) in [5, 5.41) is 18.7. The molecule has 0 atom stereocenters. The summed E-state index contributed by atoms with van der Waals surface area (Å²) in [7, 11) is 1.38. The second-order valence-electron chi connectivity index (χ2n) is 3.03. The fourth-order valence-corrected chi connectivity index (χ4v) is 1.08. The predicted octanol–water partition coefficient (Wildman–Crippen LogP) is 1.71. The maximum Gasteiger partial charge on any atom is 0.200 e. The highest BCUT2D eigenvalue weighted by Crippen LogP contribution is 2.36. The number of ketones is 1. The number of methoxy groups -OCH3 is 1. The average Bonchev–Trinajstić information content (AvgIpc) is 2.19. The van der Waals surface area contributed by atoms with Gasteiger partial charge in [-0.05, 0) is 30.7 Å². The van der Waals surface area contributed by atoms with Crippen molar-refractivity contribution in [3.8, 4) is 17.2 Å². The number of carbonyl (C=O) groups excluding carboxylic acids is 1. The molecule has 0 bridgehead atoms. The van der Waals surface area contributed by atoms with Gasteiger partial charge in [-0.3, -0.25) is 4.79 Å². The van der Waals surface area contributed by atoms with Crippen LogP contribution >= 0.6 is 0 Å². The van der Waals surface area contributed by atoms with Gasteiger partial charge in [0.25, 0.3) is 0 Å². The molecule has 1 aromatic carbocycles. The first-order chi connectivity index (χ1) is 7.04. The molecule has 0 saturated carbocycles. The van der Waals surface area contributed by atoms with Crippen LogP contribution in [0.4, 0.5) is 0 Å². The van der Waals surface area contributed by atoms with Gasteiger partial charge in [-0.2, -0.15) is 0 Å². The number of hydrogen-bond acceptors (Lipinski definition) is 4. The quantitative estimate of drug-likeness (QED) is 0.586. The first-order valence-corrected chi connectivity index (χ1v) is 4.33. The maximum atomic E-state index is 10.7. The molecule has 4 nitrogen and oxygen atoms in total. The van der Waals surface area contributed by atoms with Crippen molar-refractivity contribution in [3.63, 3.8) is 0 Å². The molecule has 0 spiro atoms. The monoisotopic (exact) mass is 208 g/mol. The van der Waals surface area contributed by atoms with Gasteiger partial charge in [-0.15, -0.1) is 0 Å². The van der Waals surface area contributed by atoms with Crippen molar-refractivity contribution in [3.05, 3.63) is 23.8 Å². The van der Waals surface area contributed by atoms with Crippen LogP contribution in [0, 0.1) is 0 Å². The molecule has 0 heterocycles. The number of phenols is 2. The van der Waals surface area contributed by atoms with Crippen molar-refractivity contribution >= 4 is 11.9 Å². The number of phenolic OH excluding ortho intramolecular Hbond substituents is 2. The van der Waals surface area contributed by atoms with Crippen molar-refractivity contribution in [2.24, 2.45) is 0 Å². The Bertz CT molecular complexity index is 407. The van der Waals surface area contributed by atoms with Gasteiger partial charge in [0.1, 0.15) is 0 Å². The van der Waals surface area contributed by atoms with Crippen LogP contribution in [0.1, 0.15) is 12.5 Å². The van der Waals surface area contributed by atoms with Crippen molar-refractivity contribution in [2.45, 2.75) is 6.92 Å². The summed E-state index contributed by atoms with van der Waals surface area (Å²) in [4.78, 5) is 10.7. The zero-order valence-electron chi connectivity index (χ0n) is 8.52. The molecule has 0 radical (unpaired) electrons. The van der Waals surface area contributed by atoms with Crippen LogP contribution in [0.5, 0.6) is 17.2 Å². The summed E-state index contributed by atoms with van der Waals surface area (Å²) in [5.74, 6) is -0.519. The molecule has 80 valence electrons. The van der Waals surface area contributed by atoms with Gasteiger partial charge >= 0.3 is 0 Å². The van der Waals surface area contributed by atoms with Gasteiger partial charge in [-0.25, -0.2) is 0 Å². The van der Waals surface area contributed by atoms with Crippen LogP contribution in [0.15, 0.2) is 18.2 Å². The van der Waals surface area contributed by atoms with Crippen LogP contribution in [0.25, 0.3) is 6.08 Å². The summed E-state index contributed by atoms with van der Waals surface area (Å²) in [6, 6.07) is 2.87. The van der Waals surface area contributed by atoms with Crippen molar-refractivity contribution in [1.82, 2.24) is 0 Å². The Morgan fingerprint density at radius 1 is 1.40 bits per heavy atom. The summed E-state index contributed by atoms with van der Waals surface area (Å²) in [5.41, 5.74) is 0.581. The smallest absolute Gasteiger partial charge is 0.200 e. The Kier molecular flexibility index (Phi) is 3.33. The minimum Gasteiger partial charge on any atom is -0.504 e. The largest absolute Gasteiger partial charge is 0.504 e. The summed E-state index contributed by atoms with van der Waals surface area (Å²) in [6.45, 7) is 1.42. The van der Waals surface area contributed by atoms with Crippen LogP contribution in [-0.4, -0.2) is 23.1 Å². The first-order valence-electron chi connectivity index (χ1n) is 4.33. The van der Waals surface area contributed by atoms with E-state index in [2.05, 4.69) is 0 Å². The lowest BCUT2D eigenvalue weighted by molar-refractivity contribution is -0.112. The standard InChI is InChI=1S/C11H12O4/c1-7(12)3-4-8-5-9(13)11(14)10(6-8)15-2/h3-6,13-14H,1-2H3/b4-3+. The second-order valence-corrected chi connectivity index (χ2v) is 3.03. The van der Waals surface area contributed by atoms with E-state index in [0.717, 1.165) is 0 Å². The summed E-state index contributed by atoms with van der Waals surface area (Å²) < 4.78 is 4.84. The van der Waals surface area contributed by atoms with Gasteiger partial charge in [0, 0.05) is 0 Å². The lowest BCUT2D eigenvalue weighted by Crippen LogP contribution is -1.86.